The maximum atomic E-state index is 11.9. The second kappa shape index (κ2) is 5.19. The van der Waals surface area contributed by atoms with Crippen molar-refractivity contribution in [3.63, 3.8) is 0 Å². The van der Waals surface area contributed by atoms with Crippen LogP contribution in [0.15, 0.2) is 28.7 Å². The SMILES string of the molecule is COC(=O)C1(Cc2ccc(Br)cc2)CCCN1. The first-order chi connectivity index (χ1) is 8.16. The number of hydrogen-bond acceptors (Lipinski definition) is 3. The highest BCUT2D eigenvalue weighted by Crippen LogP contribution is 2.26. The van der Waals surface area contributed by atoms with Gasteiger partial charge in [0.15, 0.2) is 0 Å². The largest absolute Gasteiger partial charge is 0.468 e. The Morgan fingerprint density at radius 2 is 2.18 bits per heavy atom. The first kappa shape index (κ1) is 12.6. The van der Waals surface area contributed by atoms with E-state index >= 15 is 0 Å². The highest BCUT2D eigenvalue weighted by atomic mass is 79.9. The van der Waals surface area contributed by atoms with Crippen molar-refractivity contribution in [1.82, 2.24) is 5.32 Å². The van der Waals surface area contributed by atoms with E-state index in [2.05, 4.69) is 21.2 Å². The van der Waals surface area contributed by atoms with Gasteiger partial charge in [0, 0.05) is 10.9 Å². The van der Waals surface area contributed by atoms with Gasteiger partial charge in [-0.15, -0.1) is 0 Å². The predicted octanol–water partition coefficient (Wildman–Crippen LogP) is 2.29. The minimum absolute atomic E-state index is 0.155. The second-order valence-electron chi connectivity index (χ2n) is 4.41. The summed E-state index contributed by atoms with van der Waals surface area (Å²) in [5.74, 6) is -0.155. The van der Waals surface area contributed by atoms with E-state index < -0.39 is 5.54 Å². The minimum Gasteiger partial charge on any atom is -0.468 e. The molecule has 17 heavy (non-hydrogen) atoms. The van der Waals surface area contributed by atoms with Crippen LogP contribution < -0.4 is 5.32 Å². The van der Waals surface area contributed by atoms with Crippen LogP contribution in [-0.4, -0.2) is 25.2 Å². The van der Waals surface area contributed by atoms with Gasteiger partial charge in [-0.2, -0.15) is 0 Å². The summed E-state index contributed by atoms with van der Waals surface area (Å²) in [6, 6.07) is 8.06. The summed E-state index contributed by atoms with van der Waals surface area (Å²) < 4.78 is 5.97. The zero-order valence-corrected chi connectivity index (χ0v) is 11.4. The Morgan fingerprint density at radius 1 is 1.47 bits per heavy atom. The van der Waals surface area contributed by atoms with Crippen LogP contribution in [0, 0.1) is 0 Å². The third-order valence-corrected chi connectivity index (χ3v) is 3.77. The molecular weight excluding hydrogens is 282 g/mol. The fourth-order valence-corrected chi connectivity index (χ4v) is 2.61. The Morgan fingerprint density at radius 3 is 2.71 bits per heavy atom. The molecule has 2 rings (SSSR count). The van der Waals surface area contributed by atoms with E-state index in [1.165, 1.54) is 7.11 Å². The Bertz CT molecular complexity index is 396. The number of nitrogens with one attached hydrogen (secondary N) is 1. The normalized spacial score (nSPS) is 23.6. The fraction of sp³-hybridized carbons (Fsp3) is 0.462. The van der Waals surface area contributed by atoms with E-state index in [4.69, 9.17) is 4.74 Å². The van der Waals surface area contributed by atoms with Crippen LogP contribution in [0.5, 0.6) is 0 Å². The van der Waals surface area contributed by atoms with Crippen molar-refractivity contribution in [2.24, 2.45) is 0 Å². The lowest BCUT2D eigenvalue weighted by atomic mass is 9.89. The van der Waals surface area contributed by atoms with Gasteiger partial charge in [-0.05, 0) is 37.1 Å². The Balaban J connectivity index is 2.18. The maximum Gasteiger partial charge on any atom is 0.326 e. The van der Waals surface area contributed by atoms with Gasteiger partial charge < -0.3 is 10.1 Å². The molecule has 0 spiro atoms. The third kappa shape index (κ3) is 2.69. The highest BCUT2D eigenvalue weighted by Gasteiger charge is 2.41. The first-order valence-electron chi connectivity index (χ1n) is 5.74. The molecule has 1 aromatic carbocycles. The molecule has 1 heterocycles. The van der Waals surface area contributed by atoms with Crippen molar-refractivity contribution < 1.29 is 9.53 Å². The van der Waals surface area contributed by atoms with Gasteiger partial charge in [0.1, 0.15) is 5.54 Å². The zero-order chi connectivity index (χ0) is 12.3. The summed E-state index contributed by atoms with van der Waals surface area (Å²) in [6.07, 6.45) is 2.55. The Kier molecular flexibility index (Phi) is 3.84. The molecule has 3 nitrogen and oxygen atoms in total. The van der Waals surface area contributed by atoms with Crippen molar-refractivity contribution in [3.05, 3.63) is 34.3 Å². The van der Waals surface area contributed by atoms with Gasteiger partial charge >= 0.3 is 5.97 Å². The van der Waals surface area contributed by atoms with Gasteiger partial charge in [0.2, 0.25) is 0 Å². The molecule has 1 aliphatic rings. The lowest BCUT2D eigenvalue weighted by molar-refractivity contribution is -0.148. The summed E-state index contributed by atoms with van der Waals surface area (Å²) in [7, 11) is 1.45. The molecule has 0 saturated carbocycles. The van der Waals surface area contributed by atoms with Crippen LogP contribution in [0.4, 0.5) is 0 Å². The summed E-state index contributed by atoms with van der Waals surface area (Å²) in [6.45, 7) is 0.881. The number of esters is 1. The Labute approximate surface area is 110 Å². The number of benzene rings is 1. The summed E-state index contributed by atoms with van der Waals surface area (Å²) in [4.78, 5) is 11.9. The number of carbonyl (C=O) groups excluding carboxylic acids is 1. The van der Waals surface area contributed by atoms with Gasteiger partial charge in [-0.3, -0.25) is 4.79 Å². The molecular formula is C13H16BrNO2. The van der Waals surface area contributed by atoms with Gasteiger partial charge in [-0.25, -0.2) is 0 Å². The fourth-order valence-electron chi connectivity index (χ4n) is 2.35. The van der Waals surface area contributed by atoms with Crippen molar-refractivity contribution in [2.45, 2.75) is 24.8 Å². The highest BCUT2D eigenvalue weighted by molar-refractivity contribution is 9.10. The molecule has 1 aliphatic heterocycles. The summed E-state index contributed by atoms with van der Waals surface area (Å²) in [5.41, 5.74) is 0.621. The molecule has 0 amide bonds. The summed E-state index contributed by atoms with van der Waals surface area (Å²) in [5, 5.41) is 3.30. The number of methoxy groups -OCH3 is 1. The predicted molar refractivity (Wildman–Crippen MR) is 69.8 cm³/mol. The quantitative estimate of drug-likeness (QED) is 0.870. The van der Waals surface area contributed by atoms with E-state index in [-0.39, 0.29) is 5.97 Å². The lowest BCUT2D eigenvalue weighted by Crippen LogP contribution is -2.50. The molecule has 1 aromatic rings. The van der Waals surface area contributed by atoms with Crippen LogP contribution >= 0.6 is 15.9 Å². The van der Waals surface area contributed by atoms with Crippen LogP contribution in [0.25, 0.3) is 0 Å². The average Bonchev–Trinajstić information content (AvgIpc) is 2.81. The van der Waals surface area contributed by atoms with Crippen LogP contribution in [0.1, 0.15) is 18.4 Å². The van der Waals surface area contributed by atoms with Crippen molar-refractivity contribution in [1.29, 1.82) is 0 Å². The Hall–Kier alpha value is -0.870. The van der Waals surface area contributed by atoms with Crippen molar-refractivity contribution in [3.8, 4) is 0 Å². The van der Waals surface area contributed by atoms with Gasteiger partial charge in [0.25, 0.3) is 0 Å². The van der Waals surface area contributed by atoms with E-state index in [1.807, 2.05) is 24.3 Å². The topological polar surface area (TPSA) is 38.3 Å². The molecule has 92 valence electrons. The third-order valence-electron chi connectivity index (χ3n) is 3.24. The lowest BCUT2D eigenvalue weighted by Gasteiger charge is -2.26. The number of hydrogen-bond donors (Lipinski definition) is 1. The van der Waals surface area contributed by atoms with E-state index in [0.717, 1.165) is 29.4 Å². The molecule has 0 radical (unpaired) electrons. The van der Waals surface area contributed by atoms with Crippen LogP contribution in [0.2, 0.25) is 0 Å². The molecule has 1 fully saturated rings. The second-order valence-corrected chi connectivity index (χ2v) is 5.32. The van der Waals surface area contributed by atoms with Crippen molar-refractivity contribution in [2.75, 3.05) is 13.7 Å². The molecule has 1 N–H and O–H groups in total. The smallest absolute Gasteiger partial charge is 0.326 e. The molecule has 0 aliphatic carbocycles. The maximum absolute atomic E-state index is 11.9. The molecule has 1 unspecified atom stereocenters. The molecule has 1 atom stereocenters. The number of carbonyl (C=O) groups is 1. The number of rotatable bonds is 3. The van der Waals surface area contributed by atoms with Gasteiger partial charge in [0.05, 0.1) is 7.11 Å². The van der Waals surface area contributed by atoms with Gasteiger partial charge in [-0.1, -0.05) is 28.1 Å². The van der Waals surface area contributed by atoms with Crippen LogP contribution in [0.3, 0.4) is 0 Å². The summed E-state index contributed by atoms with van der Waals surface area (Å²) >= 11 is 3.41. The number of ether oxygens (including phenoxy) is 1. The average molecular weight is 298 g/mol. The van der Waals surface area contributed by atoms with Crippen molar-refractivity contribution >= 4 is 21.9 Å². The van der Waals surface area contributed by atoms with Crippen LogP contribution in [-0.2, 0) is 16.0 Å². The minimum atomic E-state index is -0.525. The van der Waals surface area contributed by atoms with E-state index in [0.29, 0.717) is 6.42 Å². The van der Waals surface area contributed by atoms with E-state index in [1.54, 1.807) is 0 Å². The first-order valence-corrected chi connectivity index (χ1v) is 6.53. The molecule has 4 heteroatoms. The zero-order valence-electron chi connectivity index (χ0n) is 9.83. The standard InChI is InChI=1S/C13H16BrNO2/c1-17-12(16)13(7-2-8-15-13)9-10-3-5-11(14)6-4-10/h3-6,15H,2,7-9H2,1H3. The monoisotopic (exact) mass is 297 g/mol. The molecule has 0 bridgehead atoms. The number of halogens is 1. The molecule has 0 aromatic heterocycles. The van der Waals surface area contributed by atoms with E-state index in [9.17, 15) is 4.79 Å². The molecule has 1 saturated heterocycles.